The van der Waals surface area contributed by atoms with Crippen molar-refractivity contribution in [3.05, 3.63) is 64.6 Å². The molecule has 2 N–H and O–H groups in total. The first-order valence-corrected chi connectivity index (χ1v) is 20.9. The van der Waals surface area contributed by atoms with Gasteiger partial charge in [-0.15, -0.1) is 0 Å². The van der Waals surface area contributed by atoms with E-state index in [0.717, 1.165) is 32.1 Å². The number of hydrogen-bond donors (Lipinski definition) is 2. The number of rotatable bonds is 8. The van der Waals surface area contributed by atoms with Gasteiger partial charge in [-0.3, -0.25) is 33.5 Å². The molecule has 4 aliphatic rings. The van der Waals surface area contributed by atoms with Gasteiger partial charge in [0.25, 0.3) is 18.3 Å². The molecule has 7 heterocycles. The molecule has 2 atom stereocenters. The van der Waals surface area contributed by atoms with E-state index in [1.807, 2.05) is 6.07 Å². The fraction of sp³-hybridized carbons (Fsp3) is 0.537. The number of alkyl halides is 4. The van der Waals surface area contributed by atoms with Gasteiger partial charge in [0.15, 0.2) is 11.3 Å². The van der Waals surface area contributed by atoms with Gasteiger partial charge in [0.2, 0.25) is 11.8 Å². The highest BCUT2D eigenvalue weighted by Crippen LogP contribution is 2.37. The molecule has 1 aromatic carbocycles. The molecule has 3 saturated heterocycles. The van der Waals surface area contributed by atoms with Gasteiger partial charge in [0, 0.05) is 45.5 Å². The number of carbonyl (C=O) groups is 3. The summed E-state index contributed by atoms with van der Waals surface area (Å²) in [5.41, 5.74) is 1.31. The zero-order valence-electron chi connectivity index (χ0n) is 34.8. The predicted octanol–water partition coefficient (Wildman–Crippen LogP) is 4.55. The molecule has 9 rings (SSSR count). The summed E-state index contributed by atoms with van der Waals surface area (Å²) in [7, 11) is 4.87. The van der Waals surface area contributed by atoms with E-state index in [9.17, 15) is 36.7 Å². The van der Waals surface area contributed by atoms with Crippen molar-refractivity contribution in [3.63, 3.8) is 0 Å². The van der Waals surface area contributed by atoms with Crippen LogP contribution in [-0.4, -0.2) is 122 Å². The van der Waals surface area contributed by atoms with Crippen LogP contribution in [0, 0.1) is 0 Å². The number of carbonyl (C=O) groups excluding carboxylic acids is 3. The Labute approximate surface area is 353 Å². The molecule has 3 amide bonds. The summed E-state index contributed by atoms with van der Waals surface area (Å²) >= 11 is 0. The third-order valence-electron chi connectivity index (χ3n) is 12.2. The predicted molar refractivity (Wildman–Crippen MR) is 221 cm³/mol. The van der Waals surface area contributed by atoms with Gasteiger partial charge in [0.1, 0.15) is 17.4 Å². The summed E-state index contributed by atoms with van der Waals surface area (Å²) in [6.07, 6.45) is 7.58. The first-order chi connectivity index (χ1) is 29.7. The average molecular weight is 867 g/mol. The summed E-state index contributed by atoms with van der Waals surface area (Å²) in [5, 5.41) is 13.2. The third-order valence-corrected chi connectivity index (χ3v) is 12.2. The van der Waals surface area contributed by atoms with Crippen molar-refractivity contribution in [2.45, 2.75) is 81.8 Å². The van der Waals surface area contributed by atoms with Crippen LogP contribution in [0.15, 0.2) is 47.7 Å². The number of nitrogens with one attached hydrogen (secondary N) is 2. The van der Waals surface area contributed by atoms with E-state index < -0.39 is 54.2 Å². The summed E-state index contributed by atoms with van der Waals surface area (Å²) in [5.74, 6) is -3.62. The molecule has 5 aromatic rings. The fourth-order valence-corrected chi connectivity index (χ4v) is 9.05. The number of morpholine rings is 1. The van der Waals surface area contributed by atoms with Gasteiger partial charge >= 0.3 is 5.69 Å². The van der Waals surface area contributed by atoms with Crippen molar-refractivity contribution in [3.8, 4) is 0 Å². The molecule has 1 saturated carbocycles. The Hall–Kier alpha value is -5.83. The molecule has 0 radical (unpaired) electrons. The second-order valence-corrected chi connectivity index (χ2v) is 16.4. The number of piperidine rings is 2. The number of fused-ring (bicyclic) bond motifs is 2. The number of imide groups is 1. The standard InChI is InChI=1S/C21H25F2N7O2.C20H25F2N5O3/c22-19(23)18-16(13-30(27-18)14-4-2-1-3-5-14)25-21(31)15-12-24-29-7-6-17(26-20(15)29)28-8-10-32-11-9-28;1-24(2)15-9-10-26(11-20(15,21)22)12-5-4-6-13-17(12)25(3)19(30)27(13)14-7-8-16(28)23-18(14)29/h6-7,12-14,19H,1-5,8-11H2,(H,25,31);4-6,14-15H,7-11H2,1-3H3,(H,23,28,29). The molecule has 0 bridgehead atoms. The SMILES string of the molecule is CN(C)C1CCN(c2cccc3c2n(C)c(=O)n3C2CCC(=O)NC2=O)CC1(F)F.O=C(Nc1cn(C2CCCCC2)nc1C(F)F)c1cnn2ccc(N3CCOCC3)nc12. The lowest BCUT2D eigenvalue weighted by atomic mass is 9.96. The second-order valence-electron chi connectivity index (χ2n) is 16.4. The molecule has 332 valence electrons. The normalized spacial score (nSPS) is 21.1. The number of imidazole rings is 1. The number of nitrogens with zero attached hydrogens (tertiary/aromatic N) is 10. The molecule has 1 aliphatic carbocycles. The monoisotopic (exact) mass is 866 g/mol. The minimum Gasteiger partial charge on any atom is -0.378 e. The molecule has 0 spiro atoms. The van der Waals surface area contributed by atoms with Crippen LogP contribution in [0.4, 0.5) is 34.8 Å². The van der Waals surface area contributed by atoms with Crippen molar-refractivity contribution in [2.75, 3.05) is 68.6 Å². The van der Waals surface area contributed by atoms with Crippen LogP contribution in [0.5, 0.6) is 0 Å². The van der Waals surface area contributed by atoms with E-state index in [0.29, 0.717) is 61.0 Å². The van der Waals surface area contributed by atoms with Crippen LogP contribution in [0.1, 0.15) is 85.9 Å². The van der Waals surface area contributed by atoms with Gasteiger partial charge < -0.3 is 24.8 Å². The number of ether oxygens (including phenoxy) is 1. The molecule has 62 heavy (non-hydrogen) atoms. The fourth-order valence-electron chi connectivity index (χ4n) is 9.05. The van der Waals surface area contributed by atoms with Crippen molar-refractivity contribution in [1.29, 1.82) is 0 Å². The molecule has 4 fully saturated rings. The van der Waals surface area contributed by atoms with Gasteiger partial charge in [-0.25, -0.2) is 31.9 Å². The van der Waals surface area contributed by atoms with Crippen LogP contribution >= 0.6 is 0 Å². The Kier molecular flexibility index (Phi) is 12.1. The van der Waals surface area contributed by atoms with Crippen LogP contribution in [0.25, 0.3) is 16.7 Å². The van der Waals surface area contributed by atoms with E-state index in [1.165, 1.54) is 26.0 Å². The molecule has 21 heteroatoms. The number of aryl methyl sites for hydroxylation is 1. The maximum atomic E-state index is 14.8. The highest BCUT2D eigenvalue weighted by Gasteiger charge is 2.46. The molecule has 17 nitrogen and oxygen atoms in total. The lowest BCUT2D eigenvalue weighted by Crippen LogP contribution is -2.56. The minimum absolute atomic E-state index is 0.0271. The molecular formula is C41H50F4N12O5. The van der Waals surface area contributed by atoms with E-state index in [4.69, 9.17) is 4.74 Å². The van der Waals surface area contributed by atoms with E-state index in [2.05, 4.69) is 30.7 Å². The van der Waals surface area contributed by atoms with Crippen LogP contribution in [0.3, 0.4) is 0 Å². The highest BCUT2D eigenvalue weighted by molar-refractivity contribution is 6.08. The summed E-state index contributed by atoms with van der Waals surface area (Å²) in [4.78, 5) is 59.7. The second kappa shape index (κ2) is 17.5. The Morgan fingerprint density at radius 3 is 2.45 bits per heavy atom. The Morgan fingerprint density at radius 2 is 1.76 bits per heavy atom. The lowest BCUT2D eigenvalue weighted by Gasteiger charge is -2.42. The maximum absolute atomic E-state index is 14.8. The van der Waals surface area contributed by atoms with E-state index >= 15 is 0 Å². The smallest absolute Gasteiger partial charge is 0.329 e. The van der Waals surface area contributed by atoms with E-state index in [1.54, 1.807) is 60.0 Å². The van der Waals surface area contributed by atoms with Gasteiger partial charge in [-0.1, -0.05) is 25.3 Å². The number of anilines is 3. The molecule has 4 aromatic heterocycles. The van der Waals surface area contributed by atoms with Crippen molar-refractivity contribution in [2.24, 2.45) is 7.05 Å². The largest absolute Gasteiger partial charge is 0.378 e. The number of para-hydroxylation sites is 1. The van der Waals surface area contributed by atoms with Crippen LogP contribution < -0.4 is 26.1 Å². The zero-order chi connectivity index (χ0) is 43.9. The molecule has 2 unspecified atom stereocenters. The highest BCUT2D eigenvalue weighted by atomic mass is 19.3. The van der Waals surface area contributed by atoms with Gasteiger partial charge in [0.05, 0.1) is 60.4 Å². The first-order valence-electron chi connectivity index (χ1n) is 20.9. The summed E-state index contributed by atoms with van der Waals surface area (Å²) in [6, 6.07) is 5.39. The maximum Gasteiger partial charge on any atom is 0.329 e. The minimum atomic E-state index is -2.91. The number of benzene rings is 1. The summed E-state index contributed by atoms with van der Waals surface area (Å²) in [6.45, 7) is 2.61. The van der Waals surface area contributed by atoms with Gasteiger partial charge in [-0.05, 0) is 58.0 Å². The van der Waals surface area contributed by atoms with E-state index in [-0.39, 0.29) is 42.5 Å². The third kappa shape index (κ3) is 8.38. The van der Waals surface area contributed by atoms with Crippen molar-refractivity contribution < 1.29 is 36.7 Å². The molecule has 3 aliphatic heterocycles. The van der Waals surface area contributed by atoms with Crippen LogP contribution in [0.2, 0.25) is 0 Å². The average Bonchev–Trinajstić information content (AvgIpc) is 3.95. The number of amides is 3. The number of halogens is 4. The quantitative estimate of drug-likeness (QED) is 0.166. The summed E-state index contributed by atoms with van der Waals surface area (Å²) < 4.78 is 68.1. The number of hydrogen-bond acceptors (Lipinski definition) is 11. The number of aromatic nitrogens is 7. The van der Waals surface area contributed by atoms with Crippen molar-refractivity contribution >= 4 is 51.6 Å². The zero-order valence-corrected chi connectivity index (χ0v) is 34.8. The topological polar surface area (TPSA) is 169 Å². The van der Waals surface area contributed by atoms with Gasteiger partial charge in [-0.2, -0.15) is 10.2 Å². The molecular weight excluding hydrogens is 817 g/mol. The lowest BCUT2D eigenvalue weighted by molar-refractivity contribution is -0.135. The Balaban J connectivity index is 0.000000171. The Morgan fingerprint density at radius 1 is 1.00 bits per heavy atom. The van der Waals surface area contributed by atoms with Crippen molar-refractivity contribution in [1.82, 2.24) is 43.7 Å². The Bertz CT molecular complexity index is 2520. The van der Waals surface area contributed by atoms with Crippen LogP contribution in [-0.2, 0) is 21.4 Å². The first kappa shape index (κ1) is 42.8.